The first-order valence-electron chi connectivity index (χ1n) is 9.07. The number of nitrogens with zero attached hydrogens (tertiary/aromatic N) is 1. The van der Waals surface area contributed by atoms with Crippen molar-refractivity contribution in [2.75, 3.05) is 7.11 Å². The fraction of sp³-hybridized carbons (Fsp3) is 0.167. The summed E-state index contributed by atoms with van der Waals surface area (Å²) in [6, 6.07) is 15.3. The van der Waals surface area contributed by atoms with Crippen LogP contribution in [0.15, 0.2) is 67.0 Å². The number of benzene rings is 2. The molecule has 3 rings (SSSR count). The number of allylic oxidation sites excluding steroid dienone is 1. The van der Waals surface area contributed by atoms with Crippen molar-refractivity contribution in [3.8, 4) is 11.5 Å². The Balaban J connectivity index is 1.77. The second-order valence-electron chi connectivity index (χ2n) is 6.50. The van der Waals surface area contributed by atoms with E-state index in [0.29, 0.717) is 12.2 Å². The smallest absolute Gasteiger partial charge is 0.187 e. The van der Waals surface area contributed by atoms with Gasteiger partial charge in [-0.1, -0.05) is 24.3 Å². The van der Waals surface area contributed by atoms with Gasteiger partial charge in [-0.3, -0.25) is 9.78 Å². The Morgan fingerprint density at radius 3 is 2.68 bits per heavy atom. The summed E-state index contributed by atoms with van der Waals surface area (Å²) in [6.45, 7) is 4.49. The first-order valence-corrected chi connectivity index (χ1v) is 9.07. The van der Waals surface area contributed by atoms with E-state index in [-0.39, 0.29) is 5.78 Å². The quantitative estimate of drug-likeness (QED) is 0.423. The molecule has 0 atom stereocenters. The lowest BCUT2D eigenvalue weighted by molar-refractivity contribution is 0.104. The monoisotopic (exact) mass is 373 g/mol. The fourth-order valence-corrected chi connectivity index (χ4v) is 2.83. The molecule has 0 aliphatic heterocycles. The van der Waals surface area contributed by atoms with Gasteiger partial charge < -0.3 is 9.47 Å². The van der Waals surface area contributed by atoms with Crippen LogP contribution < -0.4 is 9.47 Å². The largest absolute Gasteiger partial charge is 0.496 e. The van der Waals surface area contributed by atoms with E-state index in [1.54, 1.807) is 43.8 Å². The van der Waals surface area contributed by atoms with Gasteiger partial charge in [0.15, 0.2) is 5.78 Å². The SMILES string of the molecule is COc1ccc(/C=C/C(=O)c2cccnc2)cc1COc1cccc(C)c1C. The molecule has 4 heteroatoms. The number of ether oxygens (including phenoxy) is 2. The lowest BCUT2D eigenvalue weighted by atomic mass is 10.1. The van der Waals surface area contributed by atoms with Crippen LogP contribution in [0.5, 0.6) is 11.5 Å². The Morgan fingerprint density at radius 2 is 1.93 bits per heavy atom. The molecular formula is C24H23NO3. The number of rotatable bonds is 7. The summed E-state index contributed by atoms with van der Waals surface area (Å²) in [5.41, 5.74) is 4.69. The molecule has 1 heterocycles. The normalized spacial score (nSPS) is 10.8. The van der Waals surface area contributed by atoms with Gasteiger partial charge in [-0.25, -0.2) is 0 Å². The van der Waals surface area contributed by atoms with E-state index >= 15 is 0 Å². The Hall–Kier alpha value is -3.40. The zero-order valence-electron chi connectivity index (χ0n) is 16.3. The van der Waals surface area contributed by atoms with Gasteiger partial charge in [0.25, 0.3) is 0 Å². The lowest BCUT2D eigenvalue weighted by Gasteiger charge is -2.13. The van der Waals surface area contributed by atoms with E-state index in [1.165, 1.54) is 5.56 Å². The van der Waals surface area contributed by atoms with Crippen molar-refractivity contribution >= 4 is 11.9 Å². The number of hydrogen-bond donors (Lipinski definition) is 0. The highest BCUT2D eigenvalue weighted by Gasteiger charge is 2.08. The molecule has 28 heavy (non-hydrogen) atoms. The van der Waals surface area contributed by atoms with Crippen LogP contribution in [-0.4, -0.2) is 17.9 Å². The number of aromatic nitrogens is 1. The molecule has 0 radical (unpaired) electrons. The van der Waals surface area contributed by atoms with Gasteiger partial charge in [0, 0.05) is 23.5 Å². The number of methoxy groups -OCH3 is 1. The molecule has 0 saturated heterocycles. The molecule has 0 amide bonds. The molecule has 0 bridgehead atoms. The van der Waals surface area contributed by atoms with Crippen molar-refractivity contribution in [2.24, 2.45) is 0 Å². The molecule has 0 spiro atoms. The van der Waals surface area contributed by atoms with Gasteiger partial charge in [-0.15, -0.1) is 0 Å². The average molecular weight is 373 g/mol. The maximum absolute atomic E-state index is 12.2. The van der Waals surface area contributed by atoms with Crippen molar-refractivity contribution < 1.29 is 14.3 Å². The number of pyridine rings is 1. The van der Waals surface area contributed by atoms with Crippen LogP contribution in [-0.2, 0) is 6.61 Å². The predicted octanol–water partition coefficient (Wildman–Crippen LogP) is 5.18. The van der Waals surface area contributed by atoms with Gasteiger partial charge in [0.05, 0.1) is 7.11 Å². The summed E-state index contributed by atoms with van der Waals surface area (Å²) >= 11 is 0. The molecular weight excluding hydrogens is 350 g/mol. The van der Waals surface area contributed by atoms with Crippen LogP contribution in [0.25, 0.3) is 6.08 Å². The van der Waals surface area contributed by atoms with E-state index in [4.69, 9.17) is 9.47 Å². The second-order valence-corrected chi connectivity index (χ2v) is 6.50. The van der Waals surface area contributed by atoms with Gasteiger partial charge in [0.1, 0.15) is 18.1 Å². The summed E-state index contributed by atoms with van der Waals surface area (Å²) in [4.78, 5) is 16.2. The molecule has 1 aromatic heterocycles. The highest BCUT2D eigenvalue weighted by Crippen LogP contribution is 2.25. The molecule has 0 unspecified atom stereocenters. The van der Waals surface area contributed by atoms with Crippen molar-refractivity contribution in [3.63, 3.8) is 0 Å². The minimum atomic E-state index is -0.0860. The zero-order chi connectivity index (χ0) is 19.9. The first kappa shape index (κ1) is 19.4. The minimum absolute atomic E-state index is 0.0860. The second kappa shape index (κ2) is 9.00. The van der Waals surface area contributed by atoms with Crippen molar-refractivity contribution in [1.82, 2.24) is 4.98 Å². The molecule has 0 aliphatic carbocycles. The standard InChI is InChI=1S/C24H23NO3/c1-17-6-4-8-23(18(17)2)28-16-21-14-19(10-12-24(21)27-3)9-11-22(26)20-7-5-13-25-15-20/h4-15H,16H2,1-3H3/b11-9+. The molecule has 142 valence electrons. The Bertz CT molecular complexity index is 994. The van der Waals surface area contributed by atoms with Gasteiger partial charge >= 0.3 is 0 Å². The molecule has 0 fully saturated rings. The summed E-state index contributed by atoms with van der Waals surface area (Å²) < 4.78 is 11.5. The number of aryl methyl sites for hydroxylation is 1. The topological polar surface area (TPSA) is 48.4 Å². The maximum atomic E-state index is 12.2. The van der Waals surface area contributed by atoms with Crippen LogP contribution in [0.2, 0.25) is 0 Å². The summed E-state index contributed by atoms with van der Waals surface area (Å²) in [6.07, 6.45) is 6.54. The number of hydrogen-bond acceptors (Lipinski definition) is 4. The lowest BCUT2D eigenvalue weighted by Crippen LogP contribution is -2.01. The van der Waals surface area contributed by atoms with Gasteiger partial charge in [0.2, 0.25) is 0 Å². The Labute approximate surface area is 165 Å². The zero-order valence-corrected chi connectivity index (χ0v) is 16.3. The third kappa shape index (κ3) is 4.65. The van der Waals surface area contributed by atoms with Crippen molar-refractivity contribution in [1.29, 1.82) is 0 Å². The van der Waals surface area contributed by atoms with Crippen LogP contribution in [0.1, 0.15) is 32.6 Å². The summed E-state index contributed by atoms with van der Waals surface area (Å²) in [5.74, 6) is 1.52. The van der Waals surface area contributed by atoms with Gasteiger partial charge in [-0.05, 0) is 66.9 Å². The van der Waals surface area contributed by atoms with E-state index in [1.807, 2.05) is 37.3 Å². The number of carbonyl (C=O) groups is 1. The minimum Gasteiger partial charge on any atom is -0.496 e. The van der Waals surface area contributed by atoms with Crippen molar-refractivity contribution in [3.05, 3.63) is 94.8 Å². The predicted molar refractivity (Wildman–Crippen MR) is 111 cm³/mol. The fourth-order valence-electron chi connectivity index (χ4n) is 2.83. The first-order chi connectivity index (χ1) is 13.6. The van der Waals surface area contributed by atoms with Crippen LogP contribution in [0.3, 0.4) is 0 Å². The Kier molecular flexibility index (Phi) is 6.22. The third-order valence-corrected chi connectivity index (χ3v) is 4.62. The molecule has 4 nitrogen and oxygen atoms in total. The van der Waals surface area contributed by atoms with Crippen LogP contribution in [0, 0.1) is 13.8 Å². The summed E-state index contributed by atoms with van der Waals surface area (Å²) in [7, 11) is 1.64. The van der Waals surface area contributed by atoms with E-state index < -0.39 is 0 Å². The highest BCUT2D eigenvalue weighted by atomic mass is 16.5. The van der Waals surface area contributed by atoms with E-state index in [2.05, 4.69) is 18.0 Å². The molecule has 2 aromatic carbocycles. The van der Waals surface area contributed by atoms with Crippen molar-refractivity contribution in [2.45, 2.75) is 20.5 Å². The molecule has 0 aliphatic rings. The third-order valence-electron chi connectivity index (χ3n) is 4.62. The van der Waals surface area contributed by atoms with E-state index in [9.17, 15) is 4.79 Å². The highest BCUT2D eigenvalue weighted by molar-refractivity contribution is 6.06. The van der Waals surface area contributed by atoms with Gasteiger partial charge in [-0.2, -0.15) is 0 Å². The Morgan fingerprint density at radius 1 is 1.07 bits per heavy atom. The van der Waals surface area contributed by atoms with E-state index in [0.717, 1.165) is 28.2 Å². The average Bonchev–Trinajstić information content (AvgIpc) is 2.73. The summed E-state index contributed by atoms with van der Waals surface area (Å²) in [5, 5.41) is 0. The molecule has 3 aromatic rings. The number of ketones is 1. The molecule has 0 saturated carbocycles. The van der Waals surface area contributed by atoms with Crippen LogP contribution >= 0.6 is 0 Å². The molecule has 0 N–H and O–H groups in total. The maximum Gasteiger partial charge on any atom is 0.187 e. The number of carbonyl (C=O) groups excluding carboxylic acids is 1. The van der Waals surface area contributed by atoms with Crippen LogP contribution in [0.4, 0.5) is 0 Å².